The van der Waals surface area contributed by atoms with E-state index >= 15 is 17.6 Å². The molecule has 290 valence electrons. The normalized spacial score (nSPS) is 17.7. The Morgan fingerprint density at radius 3 is 1.71 bits per heavy atom. The first-order valence-corrected chi connectivity index (χ1v) is 17.8. The molecule has 0 bridgehead atoms. The molecule has 1 aliphatic carbocycles. The van der Waals surface area contributed by atoms with Crippen LogP contribution in [0.15, 0.2) is 77.6 Å². The van der Waals surface area contributed by atoms with E-state index in [-0.39, 0.29) is 51.7 Å². The second-order valence-electron chi connectivity index (χ2n) is 16.5. The third kappa shape index (κ3) is 7.37. The molecule has 0 radical (unpaired) electrons. The van der Waals surface area contributed by atoms with E-state index in [0.29, 0.717) is 56.1 Å². The number of hydrogen-bond donors (Lipinski definition) is 0. The van der Waals surface area contributed by atoms with Crippen molar-refractivity contribution >= 4 is 28.1 Å². The molecule has 2 atom stereocenters. The smallest absolute Gasteiger partial charge is 0.219 e. The van der Waals surface area contributed by atoms with E-state index in [4.69, 9.17) is 9.47 Å². The Kier molecular flexibility index (Phi) is 11.4. The van der Waals surface area contributed by atoms with Gasteiger partial charge in [-0.05, 0) is 48.2 Å². The van der Waals surface area contributed by atoms with E-state index in [9.17, 15) is 8.78 Å². The molecule has 1 aliphatic heterocycles. The van der Waals surface area contributed by atoms with Crippen LogP contribution < -0.4 is 4.74 Å². The maximum Gasteiger partial charge on any atom is 0.219 e. The number of quaternary nitrogens is 1. The molecular weight excluding hydrogens is 780 g/mol. The van der Waals surface area contributed by atoms with Crippen molar-refractivity contribution in [2.24, 2.45) is 5.41 Å². The highest BCUT2D eigenvalue weighted by atomic mass is 79.9. The summed E-state index contributed by atoms with van der Waals surface area (Å²) in [6, 6.07) is 15.5. The lowest BCUT2D eigenvalue weighted by Gasteiger charge is -2.39. The maximum atomic E-state index is 15.2. The quantitative estimate of drug-likeness (QED) is 0.0834. The van der Waals surface area contributed by atoms with Gasteiger partial charge in [0, 0.05) is 33.7 Å². The number of likely N-dealkylation sites (N-methyl/N-ethyl adjacent to an activating group) is 1. The molecule has 55 heavy (non-hydrogen) atoms. The number of benzene rings is 4. The van der Waals surface area contributed by atoms with Gasteiger partial charge in [0.25, 0.3) is 0 Å². The number of fused-ring (bicyclic) bond motifs is 3. The first kappa shape index (κ1) is 41.8. The monoisotopic (exact) mass is 825 g/mol. The molecule has 0 aromatic heterocycles. The molecule has 0 saturated heterocycles. The lowest BCUT2D eigenvalue weighted by atomic mass is 9.73. The SMILES string of the molecule is Br.COC1=C(C(C)(C)C)[C+]=C2C(=C1c1cc(F)c(F)c(F)c1)C[N@@+](C)(C(C)c1ccccc1)Cc1c2cc(C(C)(C)C)c(OC)c1-c1cc(F)c(F)c(F)c1. The van der Waals surface area contributed by atoms with Gasteiger partial charge in [0.1, 0.15) is 41.6 Å². The molecule has 6 rings (SSSR count). The third-order valence-electron chi connectivity index (χ3n) is 10.7. The van der Waals surface area contributed by atoms with Gasteiger partial charge in [-0.2, -0.15) is 0 Å². The number of hydrogen-bond acceptors (Lipinski definition) is 2. The van der Waals surface area contributed by atoms with Crippen LogP contribution in [0.4, 0.5) is 26.3 Å². The number of rotatable bonds is 6. The van der Waals surface area contributed by atoms with Gasteiger partial charge in [-0.25, -0.2) is 26.3 Å². The van der Waals surface area contributed by atoms with Crippen molar-refractivity contribution in [3.05, 3.63) is 146 Å². The number of nitrogens with zero attached hydrogens (tertiary/aromatic N) is 1. The van der Waals surface area contributed by atoms with Gasteiger partial charge in [-0.1, -0.05) is 71.9 Å². The molecule has 0 N–H and O–H groups in total. The summed E-state index contributed by atoms with van der Waals surface area (Å²) in [5, 5.41) is 0. The van der Waals surface area contributed by atoms with Crippen LogP contribution in [0.5, 0.6) is 5.75 Å². The van der Waals surface area contributed by atoms with E-state index < -0.39 is 45.7 Å². The second kappa shape index (κ2) is 14.9. The Hall–Kier alpha value is -4.37. The second-order valence-corrected chi connectivity index (χ2v) is 16.5. The molecule has 0 saturated carbocycles. The van der Waals surface area contributed by atoms with E-state index in [1.165, 1.54) is 14.2 Å². The van der Waals surface area contributed by atoms with Crippen LogP contribution in [0, 0.1) is 46.4 Å². The van der Waals surface area contributed by atoms with Gasteiger partial charge in [-0.3, -0.25) is 0 Å². The third-order valence-corrected chi connectivity index (χ3v) is 10.7. The van der Waals surface area contributed by atoms with Crippen LogP contribution in [-0.2, 0) is 16.7 Å². The van der Waals surface area contributed by atoms with E-state index in [0.717, 1.165) is 29.8 Å². The van der Waals surface area contributed by atoms with Gasteiger partial charge in [0.2, 0.25) is 5.76 Å². The van der Waals surface area contributed by atoms with Crippen molar-refractivity contribution in [3.8, 4) is 16.9 Å². The fraction of sp³-hybridized carbons (Fsp3) is 0.333. The molecule has 0 fully saturated rings. The topological polar surface area (TPSA) is 18.5 Å². The summed E-state index contributed by atoms with van der Waals surface area (Å²) in [7, 11) is 5.01. The number of methoxy groups -OCH3 is 2. The van der Waals surface area contributed by atoms with Crippen molar-refractivity contribution in [2.45, 2.75) is 66.5 Å². The Morgan fingerprint density at radius 1 is 0.709 bits per heavy atom. The molecule has 0 spiro atoms. The van der Waals surface area contributed by atoms with Gasteiger partial charge in [0.15, 0.2) is 40.5 Å². The molecule has 0 amide bonds. The fourth-order valence-corrected chi connectivity index (χ4v) is 7.78. The zero-order chi connectivity index (χ0) is 39.7. The van der Waals surface area contributed by atoms with Crippen LogP contribution in [-0.4, -0.2) is 32.3 Å². The zero-order valence-electron chi connectivity index (χ0n) is 32.7. The standard InChI is InChI=1S/C45H45F6NO2.BrH/c1-24(25-14-12-11-13-15-25)52(8)22-30-28(20-32(44(2,3)4)42(53-9)38(30)26-16-34(46)40(50)35(47)17-26)29-21-33(45(5,6)7)43(54-10)39(31(29)23-52)27-18-36(48)41(51)37(49)19-27;/h11-20,24H,22-23H2,1-10H3;1H/q+2;/t24?,52-;/m0./s1. The lowest BCUT2D eigenvalue weighted by Crippen LogP contribution is -2.46. The van der Waals surface area contributed by atoms with Crippen LogP contribution >= 0.6 is 17.0 Å². The minimum atomic E-state index is -1.59. The molecule has 3 nitrogen and oxygen atoms in total. The highest BCUT2D eigenvalue weighted by Gasteiger charge is 2.49. The minimum absolute atomic E-state index is 0. The Bertz CT molecular complexity index is 2220. The highest BCUT2D eigenvalue weighted by molar-refractivity contribution is 8.93. The van der Waals surface area contributed by atoms with Crippen molar-refractivity contribution in [2.75, 3.05) is 27.8 Å². The van der Waals surface area contributed by atoms with Crippen LogP contribution in [0.3, 0.4) is 0 Å². The van der Waals surface area contributed by atoms with E-state index in [2.05, 4.69) is 13.0 Å². The van der Waals surface area contributed by atoms with Crippen molar-refractivity contribution in [1.29, 1.82) is 0 Å². The zero-order valence-corrected chi connectivity index (χ0v) is 34.4. The van der Waals surface area contributed by atoms with E-state index in [1.54, 1.807) is 0 Å². The molecule has 4 aromatic rings. The Labute approximate surface area is 330 Å². The molecule has 10 heteroatoms. The number of ether oxygens (including phenoxy) is 2. The summed E-state index contributed by atoms with van der Waals surface area (Å²) in [6.07, 6.45) is 3.67. The van der Waals surface area contributed by atoms with Gasteiger partial charge < -0.3 is 14.0 Å². The predicted molar refractivity (Wildman–Crippen MR) is 210 cm³/mol. The average Bonchev–Trinajstić information content (AvgIpc) is 3.23. The summed E-state index contributed by atoms with van der Waals surface area (Å²) < 4.78 is 102. The van der Waals surface area contributed by atoms with Crippen LogP contribution in [0.25, 0.3) is 22.3 Å². The summed E-state index contributed by atoms with van der Waals surface area (Å²) in [4.78, 5) is 0. The van der Waals surface area contributed by atoms with Crippen LogP contribution in [0.1, 0.15) is 82.3 Å². The number of allylic oxidation sites excluding steroid dienone is 3. The largest absolute Gasteiger partial charge is 0.496 e. The molecule has 1 heterocycles. The first-order chi connectivity index (χ1) is 25.2. The summed E-state index contributed by atoms with van der Waals surface area (Å²) in [5.41, 5.74) is 4.50. The average molecular weight is 827 g/mol. The summed E-state index contributed by atoms with van der Waals surface area (Å²) in [6.45, 7) is 14.4. The first-order valence-electron chi connectivity index (χ1n) is 17.8. The van der Waals surface area contributed by atoms with Crippen molar-refractivity contribution in [1.82, 2.24) is 0 Å². The van der Waals surface area contributed by atoms with Crippen LogP contribution in [0.2, 0.25) is 0 Å². The van der Waals surface area contributed by atoms with Crippen molar-refractivity contribution in [3.63, 3.8) is 0 Å². The predicted octanol–water partition coefficient (Wildman–Crippen LogP) is 12.4. The number of halogens is 7. The van der Waals surface area contributed by atoms with Gasteiger partial charge in [-0.15, -0.1) is 17.0 Å². The fourth-order valence-electron chi connectivity index (χ4n) is 7.78. The molecule has 4 aromatic carbocycles. The molecular formula is C45H46BrF6NO2+2. The summed E-state index contributed by atoms with van der Waals surface area (Å²) in [5.74, 6) is -7.85. The Morgan fingerprint density at radius 2 is 1.24 bits per heavy atom. The van der Waals surface area contributed by atoms with Gasteiger partial charge in [0.05, 0.1) is 32.4 Å². The van der Waals surface area contributed by atoms with E-state index in [1.807, 2.05) is 85.0 Å². The highest BCUT2D eigenvalue weighted by Crippen LogP contribution is 2.54. The maximum absolute atomic E-state index is 15.2. The summed E-state index contributed by atoms with van der Waals surface area (Å²) >= 11 is 0. The Balaban J connectivity index is 0.00000580. The van der Waals surface area contributed by atoms with Crippen molar-refractivity contribution < 1.29 is 40.3 Å². The van der Waals surface area contributed by atoms with Gasteiger partial charge >= 0.3 is 0 Å². The minimum Gasteiger partial charge on any atom is -0.496 e. The lowest BCUT2D eigenvalue weighted by molar-refractivity contribution is -0.945. The molecule has 2 aliphatic rings. The molecule has 1 unspecified atom stereocenters.